The molecule has 0 saturated carbocycles. The number of hydrogen-bond acceptors (Lipinski definition) is 5. The molecule has 0 heterocycles. The number of ether oxygens (including phenoxy) is 3. The third-order valence-corrected chi connectivity index (χ3v) is 4.01. The number of hydrazine groups is 1. The highest BCUT2D eigenvalue weighted by molar-refractivity contribution is 14.1. The molecule has 27 heavy (non-hydrogen) atoms. The second kappa shape index (κ2) is 10.0. The average molecular weight is 484 g/mol. The Kier molecular flexibility index (Phi) is 7.71. The zero-order valence-electron chi connectivity index (χ0n) is 15.2. The van der Waals surface area contributed by atoms with Crippen LogP contribution in [0.25, 0.3) is 0 Å². The van der Waals surface area contributed by atoms with Gasteiger partial charge in [0.2, 0.25) is 0 Å². The van der Waals surface area contributed by atoms with E-state index in [4.69, 9.17) is 14.2 Å². The van der Waals surface area contributed by atoms with Gasteiger partial charge in [0.1, 0.15) is 5.75 Å². The Morgan fingerprint density at radius 1 is 1.04 bits per heavy atom. The molecule has 8 heteroatoms. The molecule has 0 bridgehead atoms. The molecule has 7 nitrogen and oxygen atoms in total. The third kappa shape index (κ3) is 6.63. The summed E-state index contributed by atoms with van der Waals surface area (Å²) in [6.07, 6.45) is -0.0223. The smallest absolute Gasteiger partial charge is 0.276 e. The Hall–Kier alpha value is -2.49. The van der Waals surface area contributed by atoms with Crippen molar-refractivity contribution in [3.63, 3.8) is 0 Å². The summed E-state index contributed by atoms with van der Waals surface area (Å²) in [6.45, 7) is 3.58. The van der Waals surface area contributed by atoms with Crippen LogP contribution in [-0.2, 0) is 4.79 Å². The fourth-order valence-corrected chi connectivity index (χ4v) is 2.43. The SMILES string of the molecule is COc1cc(C(=O)NNC(=O)COc2ccc(I)cc2)ccc1OC(C)C. The van der Waals surface area contributed by atoms with Crippen LogP contribution in [0.15, 0.2) is 42.5 Å². The maximum absolute atomic E-state index is 12.2. The predicted molar refractivity (Wildman–Crippen MR) is 109 cm³/mol. The first kappa shape index (κ1) is 20.8. The van der Waals surface area contributed by atoms with E-state index in [0.717, 1.165) is 3.57 Å². The molecule has 0 saturated heterocycles. The van der Waals surface area contributed by atoms with Crippen molar-refractivity contribution in [3.05, 3.63) is 51.6 Å². The molecule has 2 aromatic rings. The maximum atomic E-state index is 12.2. The van der Waals surface area contributed by atoms with Crippen LogP contribution >= 0.6 is 22.6 Å². The van der Waals surface area contributed by atoms with Gasteiger partial charge in [0.15, 0.2) is 18.1 Å². The van der Waals surface area contributed by atoms with Crippen LogP contribution in [0.4, 0.5) is 0 Å². The predicted octanol–water partition coefficient (Wildman–Crippen LogP) is 2.93. The lowest BCUT2D eigenvalue weighted by Gasteiger charge is -2.14. The number of methoxy groups -OCH3 is 1. The van der Waals surface area contributed by atoms with Gasteiger partial charge in [-0.15, -0.1) is 0 Å². The number of nitrogens with one attached hydrogen (secondary N) is 2. The number of carbonyl (C=O) groups is 2. The number of hydrogen-bond donors (Lipinski definition) is 2. The second-order valence-corrected chi connectivity index (χ2v) is 7.02. The molecule has 0 aromatic heterocycles. The summed E-state index contributed by atoms with van der Waals surface area (Å²) < 4.78 is 17.3. The Labute approximate surface area is 171 Å². The summed E-state index contributed by atoms with van der Waals surface area (Å²) in [5, 5.41) is 0. The fourth-order valence-electron chi connectivity index (χ4n) is 2.07. The Morgan fingerprint density at radius 3 is 2.37 bits per heavy atom. The zero-order valence-corrected chi connectivity index (χ0v) is 17.4. The summed E-state index contributed by atoms with van der Waals surface area (Å²) in [6, 6.07) is 12.0. The van der Waals surface area contributed by atoms with Crippen molar-refractivity contribution in [2.24, 2.45) is 0 Å². The molecule has 2 N–H and O–H groups in total. The van der Waals surface area contributed by atoms with E-state index >= 15 is 0 Å². The van der Waals surface area contributed by atoms with Gasteiger partial charge in [0.25, 0.3) is 11.8 Å². The first-order chi connectivity index (χ1) is 12.9. The number of carbonyl (C=O) groups excluding carboxylic acids is 2. The van der Waals surface area contributed by atoms with Gasteiger partial charge in [0, 0.05) is 9.13 Å². The summed E-state index contributed by atoms with van der Waals surface area (Å²) in [7, 11) is 1.49. The maximum Gasteiger partial charge on any atom is 0.276 e. The molecular formula is C19H21IN2O5. The van der Waals surface area contributed by atoms with Crippen LogP contribution in [0.1, 0.15) is 24.2 Å². The summed E-state index contributed by atoms with van der Waals surface area (Å²) in [5.41, 5.74) is 4.97. The van der Waals surface area contributed by atoms with Gasteiger partial charge in [-0.05, 0) is 78.9 Å². The summed E-state index contributed by atoms with van der Waals surface area (Å²) >= 11 is 2.18. The molecule has 0 aliphatic carbocycles. The molecule has 2 rings (SSSR count). The molecule has 0 aliphatic rings. The highest BCUT2D eigenvalue weighted by Gasteiger charge is 2.13. The first-order valence-corrected chi connectivity index (χ1v) is 9.29. The molecule has 0 aliphatic heterocycles. The zero-order chi connectivity index (χ0) is 19.8. The molecule has 0 unspecified atom stereocenters. The minimum absolute atomic E-state index is 0.0223. The molecule has 0 atom stereocenters. The lowest BCUT2D eigenvalue weighted by molar-refractivity contribution is -0.123. The number of halogens is 1. The van der Waals surface area contributed by atoms with Crippen molar-refractivity contribution in [1.29, 1.82) is 0 Å². The van der Waals surface area contributed by atoms with Gasteiger partial charge in [-0.25, -0.2) is 0 Å². The van der Waals surface area contributed by atoms with Crippen LogP contribution in [0.3, 0.4) is 0 Å². The summed E-state index contributed by atoms with van der Waals surface area (Å²) in [4.78, 5) is 24.0. The van der Waals surface area contributed by atoms with Crippen molar-refractivity contribution in [2.45, 2.75) is 20.0 Å². The number of amides is 2. The Morgan fingerprint density at radius 2 is 1.74 bits per heavy atom. The third-order valence-electron chi connectivity index (χ3n) is 3.29. The molecule has 0 spiro atoms. The van der Waals surface area contributed by atoms with Crippen LogP contribution in [0.2, 0.25) is 0 Å². The minimum atomic E-state index is -0.480. The van der Waals surface area contributed by atoms with Crippen molar-refractivity contribution >= 4 is 34.4 Å². The molecular weight excluding hydrogens is 463 g/mol. The normalized spacial score (nSPS) is 10.3. The van der Waals surface area contributed by atoms with E-state index in [1.165, 1.54) is 7.11 Å². The van der Waals surface area contributed by atoms with E-state index in [1.807, 2.05) is 26.0 Å². The lowest BCUT2D eigenvalue weighted by Crippen LogP contribution is -2.43. The van der Waals surface area contributed by atoms with Gasteiger partial charge in [0.05, 0.1) is 13.2 Å². The van der Waals surface area contributed by atoms with E-state index in [0.29, 0.717) is 22.8 Å². The van der Waals surface area contributed by atoms with E-state index in [2.05, 4.69) is 33.4 Å². The highest BCUT2D eigenvalue weighted by atomic mass is 127. The topological polar surface area (TPSA) is 85.9 Å². The van der Waals surface area contributed by atoms with Crippen LogP contribution in [-0.4, -0.2) is 31.6 Å². The molecule has 144 valence electrons. The Bertz CT molecular complexity index is 793. The van der Waals surface area contributed by atoms with E-state index in [9.17, 15) is 9.59 Å². The van der Waals surface area contributed by atoms with Crippen LogP contribution in [0, 0.1) is 3.57 Å². The number of rotatable bonds is 7. The van der Waals surface area contributed by atoms with Crippen molar-refractivity contribution in [3.8, 4) is 17.2 Å². The molecule has 2 amide bonds. The van der Waals surface area contributed by atoms with Gasteiger partial charge >= 0.3 is 0 Å². The Balaban J connectivity index is 1.87. The minimum Gasteiger partial charge on any atom is -0.493 e. The van der Waals surface area contributed by atoms with Gasteiger partial charge in [-0.3, -0.25) is 20.4 Å². The van der Waals surface area contributed by atoms with Gasteiger partial charge in [-0.2, -0.15) is 0 Å². The van der Waals surface area contributed by atoms with Crippen molar-refractivity contribution in [1.82, 2.24) is 10.9 Å². The average Bonchev–Trinajstić information content (AvgIpc) is 2.65. The lowest BCUT2D eigenvalue weighted by atomic mass is 10.2. The van der Waals surface area contributed by atoms with E-state index < -0.39 is 11.8 Å². The van der Waals surface area contributed by atoms with Gasteiger partial charge in [-0.1, -0.05) is 0 Å². The van der Waals surface area contributed by atoms with E-state index in [-0.39, 0.29) is 12.7 Å². The molecule has 2 aromatic carbocycles. The fraction of sp³-hybridized carbons (Fsp3) is 0.263. The van der Waals surface area contributed by atoms with E-state index in [1.54, 1.807) is 30.3 Å². The molecule has 0 fully saturated rings. The molecule has 0 radical (unpaired) electrons. The van der Waals surface area contributed by atoms with Crippen molar-refractivity contribution < 1.29 is 23.8 Å². The quantitative estimate of drug-likeness (QED) is 0.467. The second-order valence-electron chi connectivity index (χ2n) is 5.78. The monoisotopic (exact) mass is 484 g/mol. The van der Waals surface area contributed by atoms with Crippen LogP contribution < -0.4 is 25.1 Å². The standard InChI is InChI=1S/C19H21IN2O5/c1-12(2)27-16-9-4-13(10-17(16)25-3)19(24)22-21-18(23)11-26-15-7-5-14(20)6-8-15/h4-10,12H,11H2,1-3H3,(H,21,23)(H,22,24). The van der Waals surface area contributed by atoms with Gasteiger partial charge < -0.3 is 14.2 Å². The number of benzene rings is 2. The first-order valence-electron chi connectivity index (χ1n) is 8.21. The van der Waals surface area contributed by atoms with Crippen LogP contribution in [0.5, 0.6) is 17.2 Å². The highest BCUT2D eigenvalue weighted by Crippen LogP contribution is 2.28. The largest absolute Gasteiger partial charge is 0.493 e. The summed E-state index contributed by atoms with van der Waals surface area (Å²) in [5.74, 6) is 0.590. The van der Waals surface area contributed by atoms with Crippen molar-refractivity contribution in [2.75, 3.05) is 13.7 Å².